The Hall–Kier alpha value is -4.18. The van der Waals surface area contributed by atoms with Gasteiger partial charge in [-0.15, -0.1) is 0 Å². The number of methoxy groups -OCH3 is 2. The Bertz CT molecular complexity index is 1320. The number of allylic oxidation sites excluding steroid dienone is 1. The van der Waals surface area contributed by atoms with Crippen LogP contribution in [0.5, 0.6) is 17.2 Å². The summed E-state index contributed by atoms with van der Waals surface area (Å²) in [5.41, 5.74) is 9.10. The average Bonchev–Trinajstić information content (AvgIpc) is 2.83. The van der Waals surface area contributed by atoms with Crippen molar-refractivity contribution in [3.05, 3.63) is 98.8 Å². The van der Waals surface area contributed by atoms with Crippen LogP contribution in [0.4, 0.5) is 0 Å². The molecular formula is C26H25N3O4. The van der Waals surface area contributed by atoms with Gasteiger partial charge in [-0.1, -0.05) is 36.4 Å². The van der Waals surface area contributed by atoms with Crippen LogP contribution in [0.15, 0.2) is 70.8 Å². The highest BCUT2D eigenvalue weighted by molar-refractivity contribution is 5.55. The molecule has 0 bridgehead atoms. The van der Waals surface area contributed by atoms with Crippen molar-refractivity contribution in [1.82, 2.24) is 4.57 Å². The van der Waals surface area contributed by atoms with E-state index in [1.165, 1.54) is 0 Å². The lowest BCUT2D eigenvalue weighted by molar-refractivity contribution is 0.354. The van der Waals surface area contributed by atoms with E-state index in [0.717, 1.165) is 16.8 Å². The molecule has 2 heterocycles. The third kappa shape index (κ3) is 4.03. The minimum atomic E-state index is -0.583. The second-order valence-electron chi connectivity index (χ2n) is 7.80. The van der Waals surface area contributed by atoms with Gasteiger partial charge in [0.2, 0.25) is 5.88 Å². The second kappa shape index (κ2) is 9.13. The number of pyridine rings is 1. The van der Waals surface area contributed by atoms with E-state index in [1.54, 1.807) is 18.8 Å². The van der Waals surface area contributed by atoms with Crippen LogP contribution in [0, 0.1) is 18.3 Å². The molecule has 1 aliphatic rings. The first-order chi connectivity index (χ1) is 16.0. The van der Waals surface area contributed by atoms with E-state index in [0.29, 0.717) is 35.8 Å². The summed E-state index contributed by atoms with van der Waals surface area (Å²) in [6.07, 6.45) is 0.611. The van der Waals surface area contributed by atoms with Gasteiger partial charge >= 0.3 is 0 Å². The predicted molar refractivity (Wildman–Crippen MR) is 124 cm³/mol. The van der Waals surface area contributed by atoms with Gasteiger partial charge in [-0.2, -0.15) is 5.26 Å². The van der Waals surface area contributed by atoms with Crippen LogP contribution >= 0.6 is 0 Å². The van der Waals surface area contributed by atoms with Gasteiger partial charge in [0.15, 0.2) is 11.5 Å². The molecule has 7 nitrogen and oxygen atoms in total. The fraction of sp³-hybridized carbons (Fsp3) is 0.231. The highest BCUT2D eigenvalue weighted by Crippen LogP contribution is 2.40. The van der Waals surface area contributed by atoms with Gasteiger partial charge in [0.25, 0.3) is 5.56 Å². The fourth-order valence-corrected chi connectivity index (χ4v) is 4.22. The zero-order valence-corrected chi connectivity index (χ0v) is 18.8. The number of nitrogens with two attached hydrogens (primary N) is 1. The molecule has 0 spiro atoms. The monoisotopic (exact) mass is 443 g/mol. The Kier molecular flexibility index (Phi) is 6.09. The summed E-state index contributed by atoms with van der Waals surface area (Å²) in [6, 6.07) is 19.1. The van der Waals surface area contributed by atoms with Crippen molar-refractivity contribution in [1.29, 1.82) is 5.26 Å². The number of nitriles is 1. The predicted octanol–water partition coefficient (Wildman–Crippen LogP) is 3.63. The van der Waals surface area contributed by atoms with Crippen molar-refractivity contribution in [3.63, 3.8) is 0 Å². The third-order valence-corrected chi connectivity index (χ3v) is 5.89. The maximum atomic E-state index is 13.7. The normalized spacial score (nSPS) is 14.8. The number of aryl methyl sites for hydroxylation is 2. The highest BCUT2D eigenvalue weighted by atomic mass is 16.5. The van der Waals surface area contributed by atoms with Crippen molar-refractivity contribution >= 4 is 0 Å². The van der Waals surface area contributed by atoms with Crippen molar-refractivity contribution in [3.8, 4) is 23.3 Å². The summed E-state index contributed by atoms with van der Waals surface area (Å²) in [4.78, 5) is 13.7. The number of benzene rings is 2. The van der Waals surface area contributed by atoms with Crippen LogP contribution in [0.2, 0.25) is 0 Å². The minimum Gasteiger partial charge on any atom is -0.493 e. The van der Waals surface area contributed by atoms with Crippen molar-refractivity contribution in [2.75, 3.05) is 14.2 Å². The van der Waals surface area contributed by atoms with Crippen LogP contribution in [-0.2, 0) is 13.0 Å². The number of hydrogen-bond acceptors (Lipinski definition) is 6. The van der Waals surface area contributed by atoms with Gasteiger partial charge in [0.1, 0.15) is 17.4 Å². The van der Waals surface area contributed by atoms with Crippen LogP contribution in [0.1, 0.15) is 28.3 Å². The molecule has 7 heteroatoms. The van der Waals surface area contributed by atoms with Crippen molar-refractivity contribution in [2.24, 2.45) is 5.73 Å². The SMILES string of the molecule is COc1ccc(CCn2c(C)cc3c(c2=O)[C@H](c2ccccc2)C(C#N)=C(N)O3)cc1OC. The summed E-state index contributed by atoms with van der Waals surface area (Å²) in [5.74, 6) is 1.13. The molecule has 33 heavy (non-hydrogen) atoms. The smallest absolute Gasteiger partial charge is 0.258 e. The maximum Gasteiger partial charge on any atom is 0.258 e. The van der Waals surface area contributed by atoms with E-state index in [4.69, 9.17) is 19.9 Å². The number of fused-ring (bicyclic) bond motifs is 1. The zero-order valence-electron chi connectivity index (χ0n) is 18.8. The molecule has 168 valence electrons. The molecule has 3 aromatic rings. The molecule has 1 aromatic heterocycles. The fourth-order valence-electron chi connectivity index (χ4n) is 4.22. The van der Waals surface area contributed by atoms with Gasteiger partial charge in [-0.3, -0.25) is 4.79 Å². The molecule has 0 aliphatic carbocycles. The van der Waals surface area contributed by atoms with E-state index in [-0.39, 0.29) is 17.0 Å². The first-order valence-electron chi connectivity index (χ1n) is 10.6. The minimum absolute atomic E-state index is 0.0285. The number of ether oxygens (including phenoxy) is 3. The molecule has 0 fully saturated rings. The second-order valence-corrected chi connectivity index (χ2v) is 7.80. The summed E-state index contributed by atoms with van der Waals surface area (Å²) in [6.45, 7) is 2.31. The van der Waals surface area contributed by atoms with Gasteiger partial charge in [0.05, 0.1) is 25.7 Å². The molecule has 1 aliphatic heterocycles. The maximum absolute atomic E-state index is 13.7. The first kappa shape index (κ1) is 22.0. The van der Waals surface area contributed by atoms with E-state index in [2.05, 4.69) is 6.07 Å². The van der Waals surface area contributed by atoms with Gasteiger partial charge in [-0.25, -0.2) is 0 Å². The van der Waals surface area contributed by atoms with E-state index < -0.39 is 5.92 Å². The Morgan fingerprint density at radius 1 is 1.09 bits per heavy atom. The van der Waals surface area contributed by atoms with E-state index >= 15 is 0 Å². The van der Waals surface area contributed by atoms with Crippen molar-refractivity contribution in [2.45, 2.75) is 25.8 Å². The quantitative estimate of drug-likeness (QED) is 0.625. The molecule has 0 saturated heterocycles. The number of rotatable bonds is 6. The first-order valence-corrected chi connectivity index (χ1v) is 10.6. The molecule has 0 amide bonds. The summed E-state index contributed by atoms with van der Waals surface area (Å²) < 4.78 is 18.1. The molecule has 0 saturated carbocycles. The number of nitrogens with zero attached hydrogens (tertiary/aromatic N) is 2. The molecule has 0 radical (unpaired) electrons. The molecule has 1 atom stereocenters. The number of hydrogen-bond donors (Lipinski definition) is 1. The largest absolute Gasteiger partial charge is 0.493 e. The lowest BCUT2D eigenvalue weighted by Gasteiger charge is -2.27. The standard InChI is InChI=1S/C26H25N3O4/c1-16-13-22-24(23(18-7-5-4-6-8-18)19(15-27)25(28)33-22)26(30)29(16)12-11-17-9-10-20(31-2)21(14-17)32-3/h4-10,13-14,23H,11-12,28H2,1-3H3/t23-/m1/s1. The topological polar surface area (TPSA) is 99.5 Å². The number of aromatic nitrogens is 1. The van der Waals surface area contributed by atoms with Crippen molar-refractivity contribution < 1.29 is 14.2 Å². The van der Waals surface area contributed by atoms with Crippen LogP contribution < -0.4 is 25.5 Å². The summed E-state index contributed by atoms with van der Waals surface area (Å²) in [7, 11) is 3.19. The molecular weight excluding hydrogens is 418 g/mol. The van der Waals surface area contributed by atoms with Crippen LogP contribution in [0.3, 0.4) is 0 Å². The van der Waals surface area contributed by atoms with Gasteiger partial charge in [-0.05, 0) is 36.6 Å². The van der Waals surface area contributed by atoms with E-state index in [1.807, 2.05) is 61.5 Å². The Labute approximate surface area is 192 Å². The summed E-state index contributed by atoms with van der Waals surface area (Å²) >= 11 is 0. The molecule has 2 aromatic carbocycles. The average molecular weight is 444 g/mol. The third-order valence-electron chi connectivity index (χ3n) is 5.89. The Balaban J connectivity index is 1.76. The Morgan fingerprint density at radius 3 is 2.48 bits per heavy atom. The van der Waals surface area contributed by atoms with E-state index in [9.17, 15) is 10.1 Å². The van der Waals surface area contributed by atoms with Gasteiger partial charge in [0, 0.05) is 18.3 Å². The molecule has 0 unspecified atom stereocenters. The zero-order chi connectivity index (χ0) is 23.5. The molecule has 4 rings (SSSR count). The summed E-state index contributed by atoms with van der Waals surface area (Å²) in [5, 5.41) is 9.78. The lowest BCUT2D eigenvalue weighted by atomic mass is 9.84. The molecule has 2 N–H and O–H groups in total. The Morgan fingerprint density at radius 2 is 1.82 bits per heavy atom. The van der Waals surface area contributed by atoms with Crippen LogP contribution in [0.25, 0.3) is 0 Å². The lowest BCUT2D eigenvalue weighted by Crippen LogP contribution is -2.33. The highest BCUT2D eigenvalue weighted by Gasteiger charge is 2.34. The van der Waals surface area contributed by atoms with Crippen LogP contribution in [-0.4, -0.2) is 18.8 Å². The van der Waals surface area contributed by atoms with Gasteiger partial charge < -0.3 is 24.5 Å².